The Morgan fingerprint density at radius 1 is 1.12 bits per heavy atom. The number of hydrogen-bond donors (Lipinski definition) is 2. The third-order valence-corrected chi connectivity index (χ3v) is 3.24. The zero-order valence-corrected chi connectivity index (χ0v) is 10.2. The summed E-state index contributed by atoms with van der Waals surface area (Å²) in [7, 11) is -0.723. The number of benzene rings is 1. The van der Waals surface area contributed by atoms with Crippen LogP contribution in [-0.2, 0) is 10.0 Å². The largest absolute Gasteiger partial charge is 0.493 e. The number of nitrogens with two attached hydrogens (primary N) is 1. The second kappa shape index (κ2) is 3.94. The fourth-order valence-corrected chi connectivity index (χ4v) is 2.13. The molecular formula is C10H12N2O4S. The van der Waals surface area contributed by atoms with Crippen LogP contribution in [0.2, 0.25) is 0 Å². The lowest BCUT2D eigenvalue weighted by molar-refractivity contribution is 0.356. The Balaban J connectivity index is 2.70. The maximum Gasteiger partial charge on any atom is 0.253 e. The van der Waals surface area contributed by atoms with Crippen LogP contribution in [0.3, 0.4) is 0 Å². The van der Waals surface area contributed by atoms with E-state index in [2.05, 4.69) is 4.98 Å². The van der Waals surface area contributed by atoms with Gasteiger partial charge in [0.05, 0.1) is 19.7 Å². The first kappa shape index (κ1) is 11.7. The van der Waals surface area contributed by atoms with E-state index in [0.717, 1.165) is 0 Å². The summed E-state index contributed by atoms with van der Waals surface area (Å²) >= 11 is 0. The zero-order valence-electron chi connectivity index (χ0n) is 9.35. The van der Waals surface area contributed by atoms with Crippen LogP contribution in [0.4, 0.5) is 0 Å². The first-order valence-corrected chi connectivity index (χ1v) is 6.28. The molecule has 0 spiro atoms. The summed E-state index contributed by atoms with van der Waals surface area (Å²) < 4.78 is 32.6. The maximum atomic E-state index is 11.2. The summed E-state index contributed by atoms with van der Waals surface area (Å²) in [6.45, 7) is 0. The number of aromatic nitrogens is 1. The molecule has 0 radical (unpaired) electrons. The van der Waals surface area contributed by atoms with E-state index >= 15 is 0 Å². The van der Waals surface area contributed by atoms with Crippen LogP contribution in [0.5, 0.6) is 11.5 Å². The molecular weight excluding hydrogens is 244 g/mol. The lowest BCUT2D eigenvalue weighted by Crippen LogP contribution is -2.12. The normalized spacial score (nSPS) is 11.7. The number of nitrogens with one attached hydrogen (secondary N) is 1. The van der Waals surface area contributed by atoms with Gasteiger partial charge in [-0.15, -0.1) is 0 Å². The molecule has 0 bridgehead atoms. The van der Waals surface area contributed by atoms with Gasteiger partial charge in [0.1, 0.15) is 5.03 Å². The van der Waals surface area contributed by atoms with E-state index in [-0.39, 0.29) is 5.03 Å². The van der Waals surface area contributed by atoms with Gasteiger partial charge < -0.3 is 14.5 Å². The third-order valence-electron chi connectivity index (χ3n) is 2.41. The van der Waals surface area contributed by atoms with E-state index in [1.165, 1.54) is 20.3 Å². The van der Waals surface area contributed by atoms with Crippen molar-refractivity contribution < 1.29 is 17.9 Å². The molecule has 0 amide bonds. The van der Waals surface area contributed by atoms with Gasteiger partial charge in [0.15, 0.2) is 11.5 Å². The van der Waals surface area contributed by atoms with Crippen molar-refractivity contribution in [1.82, 2.24) is 4.98 Å². The molecule has 0 unspecified atom stereocenters. The van der Waals surface area contributed by atoms with Gasteiger partial charge in [0, 0.05) is 11.5 Å². The van der Waals surface area contributed by atoms with Crippen molar-refractivity contribution in [3.05, 3.63) is 18.2 Å². The lowest BCUT2D eigenvalue weighted by atomic mass is 10.2. The smallest absolute Gasteiger partial charge is 0.253 e. The number of fused-ring (bicyclic) bond motifs is 1. The second-order valence-electron chi connectivity index (χ2n) is 3.47. The highest BCUT2D eigenvalue weighted by Gasteiger charge is 2.14. The van der Waals surface area contributed by atoms with Crippen molar-refractivity contribution in [2.45, 2.75) is 5.03 Å². The molecule has 1 aromatic carbocycles. The van der Waals surface area contributed by atoms with E-state index in [0.29, 0.717) is 22.4 Å². The summed E-state index contributed by atoms with van der Waals surface area (Å²) in [6.07, 6.45) is 0. The van der Waals surface area contributed by atoms with Crippen molar-refractivity contribution in [3.63, 3.8) is 0 Å². The minimum Gasteiger partial charge on any atom is -0.493 e. The van der Waals surface area contributed by atoms with Gasteiger partial charge in [-0.1, -0.05) is 0 Å². The van der Waals surface area contributed by atoms with Crippen molar-refractivity contribution in [3.8, 4) is 11.5 Å². The number of primary sulfonamides is 1. The van der Waals surface area contributed by atoms with E-state index in [1.807, 2.05) is 0 Å². The van der Waals surface area contributed by atoms with Crippen LogP contribution >= 0.6 is 0 Å². The van der Waals surface area contributed by atoms with Gasteiger partial charge in [-0.2, -0.15) is 0 Å². The molecule has 0 atom stereocenters. The number of H-pyrrole nitrogens is 1. The molecule has 0 aliphatic heterocycles. The van der Waals surface area contributed by atoms with Crippen molar-refractivity contribution in [2.24, 2.45) is 5.14 Å². The van der Waals surface area contributed by atoms with Gasteiger partial charge in [-0.25, -0.2) is 13.6 Å². The van der Waals surface area contributed by atoms with Crippen molar-refractivity contribution in [1.29, 1.82) is 0 Å². The maximum absolute atomic E-state index is 11.2. The zero-order chi connectivity index (χ0) is 12.6. The predicted molar refractivity (Wildman–Crippen MR) is 62.8 cm³/mol. The Bertz CT molecular complexity index is 619. The molecule has 0 saturated carbocycles. The molecule has 92 valence electrons. The second-order valence-corrected chi connectivity index (χ2v) is 5.00. The SMILES string of the molecule is COc1cc2cc(S(N)(=O)=O)[nH]c2cc1OC. The van der Waals surface area contributed by atoms with Crippen molar-refractivity contribution >= 4 is 20.9 Å². The lowest BCUT2D eigenvalue weighted by Gasteiger charge is -2.06. The Morgan fingerprint density at radius 2 is 1.71 bits per heavy atom. The fraction of sp³-hybridized carbons (Fsp3) is 0.200. The summed E-state index contributed by atoms with van der Waals surface area (Å²) in [5.74, 6) is 1.04. The van der Waals surface area contributed by atoms with E-state index < -0.39 is 10.0 Å². The molecule has 2 aromatic rings. The van der Waals surface area contributed by atoms with Gasteiger partial charge >= 0.3 is 0 Å². The average molecular weight is 256 g/mol. The molecule has 3 N–H and O–H groups in total. The van der Waals surface area contributed by atoms with Crippen LogP contribution in [-0.4, -0.2) is 27.6 Å². The Morgan fingerprint density at radius 3 is 2.24 bits per heavy atom. The summed E-state index contributed by atoms with van der Waals surface area (Å²) in [4.78, 5) is 2.71. The van der Waals surface area contributed by atoms with Crippen molar-refractivity contribution in [2.75, 3.05) is 14.2 Å². The standard InChI is InChI=1S/C10H12N2O4S/c1-15-8-3-6-4-10(17(11,13)14)12-7(6)5-9(8)16-2/h3-5,12H,1-2H3,(H2,11,13,14). The number of rotatable bonds is 3. The molecule has 6 nitrogen and oxygen atoms in total. The Hall–Kier alpha value is -1.73. The molecule has 2 rings (SSSR count). The monoisotopic (exact) mass is 256 g/mol. The summed E-state index contributed by atoms with van der Waals surface area (Å²) in [5.41, 5.74) is 0.617. The molecule has 1 heterocycles. The quantitative estimate of drug-likeness (QED) is 0.850. The van der Waals surface area contributed by atoms with Crippen LogP contribution in [0.25, 0.3) is 10.9 Å². The summed E-state index contributed by atoms with van der Waals surface area (Å²) in [5, 5.41) is 5.69. The number of methoxy groups -OCH3 is 2. The summed E-state index contributed by atoms with van der Waals surface area (Å²) in [6, 6.07) is 4.79. The topological polar surface area (TPSA) is 94.4 Å². The number of hydrogen-bond acceptors (Lipinski definition) is 4. The molecule has 0 aliphatic carbocycles. The average Bonchev–Trinajstić information content (AvgIpc) is 2.69. The molecule has 1 aromatic heterocycles. The first-order chi connectivity index (χ1) is 7.95. The first-order valence-electron chi connectivity index (χ1n) is 4.73. The number of aromatic amines is 1. The Kier molecular flexibility index (Phi) is 2.72. The number of sulfonamides is 1. The van der Waals surface area contributed by atoms with Crippen LogP contribution in [0.1, 0.15) is 0 Å². The minimum atomic E-state index is -3.74. The predicted octanol–water partition coefficient (Wildman–Crippen LogP) is 0.833. The third kappa shape index (κ3) is 2.06. The van der Waals surface area contributed by atoms with Gasteiger partial charge in [0.25, 0.3) is 10.0 Å². The van der Waals surface area contributed by atoms with Crippen LogP contribution in [0.15, 0.2) is 23.2 Å². The van der Waals surface area contributed by atoms with Crippen LogP contribution < -0.4 is 14.6 Å². The van der Waals surface area contributed by atoms with E-state index in [1.54, 1.807) is 12.1 Å². The van der Waals surface area contributed by atoms with Gasteiger partial charge in [-0.05, 0) is 12.1 Å². The van der Waals surface area contributed by atoms with Gasteiger partial charge in [-0.3, -0.25) is 0 Å². The highest BCUT2D eigenvalue weighted by Crippen LogP contribution is 2.32. The Labute approximate surface area is 98.4 Å². The van der Waals surface area contributed by atoms with E-state index in [9.17, 15) is 8.42 Å². The van der Waals surface area contributed by atoms with Crippen LogP contribution in [0, 0.1) is 0 Å². The highest BCUT2D eigenvalue weighted by molar-refractivity contribution is 7.89. The highest BCUT2D eigenvalue weighted by atomic mass is 32.2. The molecule has 0 fully saturated rings. The molecule has 17 heavy (non-hydrogen) atoms. The molecule has 7 heteroatoms. The molecule has 0 saturated heterocycles. The van der Waals surface area contributed by atoms with E-state index in [4.69, 9.17) is 14.6 Å². The fourth-order valence-electron chi connectivity index (χ4n) is 1.59. The minimum absolute atomic E-state index is 0.0391. The molecule has 0 aliphatic rings. The van der Waals surface area contributed by atoms with Gasteiger partial charge in [0.2, 0.25) is 0 Å². The number of ether oxygens (including phenoxy) is 2.